The first kappa shape index (κ1) is 15.9. The van der Waals surface area contributed by atoms with Crippen molar-refractivity contribution >= 4 is 28.8 Å². The molecule has 1 aliphatic rings. The Morgan fingerprint density at radius 2 is 2.24 bits per heavy atom. The van der Waals surface area contributed by atoms with Crippen LogP contribution in [-0.2, 0) is 9.47 Å². The molecule has 0 aromatic carbocycles. The van der Waals surface area contributed by atoms with Gasteiger partial charge in [0.25, 0.3) is 0 Å². The molecule has 2 rings (SSSR count). The van der Waals surface area contributed by atoms with Crippen LogP contribution in [0.2, 0.25) is 0 Å². The Morgan fingerprint density at radius 1 is 1.43 bits per heavy atom. The number of methoxy groups -OCH3 is 1. The SMILES string of the molecule is COCCCNC(=S)Nc1ccc(N2CCOCC2)nc1. The van der Waals surface area contributed by atoms with Crippen molar-refractivity contribution in [1.82, 2.24) is 10.3 Å². The van der Waals surface area contributed by atoms with Crippen molar-refractivity contribution in [1.29, 1.82) is 0 Å². The fourth-order valence-corrected chi connectivity index (χ4v) is 2.25. The molecule has 0 aliphatic carbocycles. The van der Waals surface area contributed by atoms with Gasteiger partial charge in [-0.05, 0) is 30.8 Å². The van der Waals surface area contributed by atoms with Crippen molar-refractivity contribution in [3.05, 3.63) is 18.3 Å². The quantitative estimate of drug-likeness (QED) is 0.605. The summed E-state index contributed by atoms with van der Waals surface area (Å²) in [6, 6.07) is 3.99. The summed E-state index contributed by atoms with van der Waals surface area (Å²) in [7, 11) is 1.69. The van der Waals surface area contributed by atoms with Crippen molar-refractivity contribution in [2.75, 3.05) is 56.8 Å². The summed E-state index contributed by atoms with van der Waals surface area (Å²) in [5.74, 6) is 0.975. The molecule has 0 spiro atoms. The molecule has 116 valence electrons. The van der Waals surface area contributed by atoms with Crippen LogP contribution in [0, 0.1) is 0 Å². The molecule has 1 fully saturated rings. The predicted octanol–water partition coefficient (Wildman–Crippen LogP) is 1.24. The molecule has 2 N–H and O–H groups in total. The third-order valence-corrected chi connectivity index (χ3v) is 3.40. The Labute approximate surface area is 130 Å². The standard InChI is InChI=1S/C14H22N4O2S/c1-19-8-2-5-15-14(21)17-12-3-4-13(16-11-12)18-6-9-20-10-7-18/h3-4,11H,2,5-10H2,1H3,(H2,15,17,21). The van der Waals surface area contributed by atoms with Crippen LogP contribution in [0.15, 0.2) is 18.3 Å². The molecule has 0 radical (unpaired) electrons. The van der Waals surface area contributed by atoms with Gasteiger partial charge in [-0.1, -0.05) is 0 Å². The van der Waals surface area contributed by atoms with Crippen molar-refractivity contribution in [2.45, 2.75) is 6.42 Å². The molecular formula is C14H22N4O2S. The van der Waals surface area contributed by atoms with Gasteiger partial charge in [-0.25, -0.2) is 4.98 Å². The first-order valence-electron chi connectivity index (χ1n) is 7.12. The zero-order valence-electron chi connectivity index (χ0n) is 12.3. The fourth-order valence-electron chi connectivity index (χ4n) is 2.03. The van der Waals surface area contributed by atoms with Crippen LogP contribution in [0.1, 0.15) is 6.42 Å². The lowest BCUT2D eigenvalue weighted by molar-refractivity contribution is 0.122. The minimum absolute atomic E-state index is 0.604. The average Bonchev–Trinajstić information content (AvgIpc) is 2.53. The molecule has 0 saturated carbocycles. The molecular weight excluding hydrogens is 288 g/mol. The summed E-state index contributed by atoms with van der Waals surface area (Å²) in [5.41, 5.74) is 0.885. The Kier molecular flexibility index (Phi) is 6.65. The summed E-state index contributed by atoms with van der Waals surface area (Å²) in [6.07, 6.45) is 2.72. The van der Waals surface area contributed by atoms with Gasteiger partial charge in [0.15, 0.2) is 5.11 Å². The van der Waals surface area contributed by atoms with Gasteiger partial charge in [0.05, 0.1) is 25.1 Å². The van der Waals surface area contributed by atoms with E-state index < -0.39 is 0 Å². The van der Waals surface area contributed by atoms with E-state index in [4.69, 9.17) is 21.7 Å². The summed E-state index contributed by atoms with van der Waals surface area (Å²) in [5, 5.41) is 6.86. The van der Waals surface area contributed by atoms with Gasteiger partial charge in [0, 0.05) is 33.4 Å². The van der Waals surface area contributed by atoms with Gasteiger partial charge in [0.2, 0.25) is 0 Å². The first-order chi connectivity index (χ1) is 10.3. The number of ether oxygens (including phenoxy) is 2. The molecule has 21 heavy (non-hydrogen) atoms. The van der Waals surface area contributed by atoms with Crippen molar-refractivity contribution < 1.29 is 9.47 Å². The van der Waals surface area contributed by atoms with Gasteiger partial charge in [-0.2, -0.15) is 0 Å². The topological polar surface area (TPSA) is 58.7 Å². The third-order valence-electron chi connectivity index (χ3n) is 3.15. The highest BCUT2D eigenvalue weighted by Gasteiger charge is 2.11. The highest BCUT2D eigenvalue weighted by Crippen LogP contribution is 2.15. The maximum Gasteiger partial charge on any atom is 0.170 e. The van der Waals surface area contributed by atoms with E-state index in [1.807, 2.05) is 12.1 Å². The van der Waals surface area contributed by atoms with Crippen molar-refractivity contribution in [3.63, 3.8) is 0 Å². The van der Waals surface area contributed by atoms with Gasteiger partial charge in [0.1, 0.15) is 5.82 Å². The molecule has 2 heterocycles. The Hall–Kier alpha value is -1.44. The first-order valence-corrected chi connectivity index (χ1v) is 7.53. The summed E-state index contributed by atoms with van der Waals surface area (Å²) >= 11 is 5.23. The van der Waals surface area contributed by atoms with E-state index in [-0.39, 0.29) is 0 Å². The highest BCUT2D eigenvalue weighted by molar-refractivity contribution is 7.80. The van der Waals surface area contributed by atoms with Crippen molar-refractivity contribution in [2.24, 2.45) is 0 Å². The van der Waals surface area contributed by atoms with Crippen LogP contribution < -0.4 is 15.5 Å². The second-order valence-electron chi connectivity index (χ2n) is 4.73. The third kappa shape index (κ3) is 5.45. The number of pyridine rings is 1. The molecule has 6 nitrogen and oxygen atoms in total. The minimum Gasteiger partial charge on any atom is -0.385 e. The summed E-state index contributed by atoms with van der Waals surface area (Å²) < 4.78 is 10.3. The van der Waals surface area contributed by atoms with E-state index in [0.29, 0.717) is 5.11 Å². The number of hydrogen-bond donors (Lipinski definition) is 2. The molecule has 1 saturated heterocycles. The molecule has 0 atom stereocenters. The zero-order chi connectivity index (χ0) is 14.9. The minimum atomic E-state index is 0.604. The van der Waals surface area contributed by atoms with E-state index >= 15 is 0 Å². The van der Waals surface area contributed by atoms with E-state index in [0.717, 1.165) is 57.4 Å². The lowest BCUT2D eigenvalue weighted by atomic mass is 10.3. The largest absolute Gasteiger partial charge is 0.385 e. The average molecular weight is 310 g/mol. The van der Waals surface area contributed by atoms with Crippen molar-refractivity contribution in [3.8, 4) is 0 Å². The van der Waals surface area contributed by atoms with E-state index in [1.54, 1.807) is 13.3 Å². The number of nitrogens with one attached hydrogen (secondary N) is 2. The number of morpholine rings is 1. The van der Waals surface area contributed by atoms with Crippen LogP contribution in [0.25, 0.3) is 0 Å². The van der Waals surface area contributed by atoms with Crippen LogP contribution in [-0.4, -0.2) is 56.7 Å². The molecule has 1 aromatic rings. The Balaban J connectivity index is 1.77. The number of nitrogens with zero attached hydrogens (tertiary/aromatic N) is 2. The lowest BCUT2D eigenvalue weighted by Gasteiger charge is -2.27. The molecule has 0 unspecified atom stereocenters. The Bertz CT molecular complexity index is 435. The monoisotopic (exact) mass is 310 g/mol. The van der Waals surface area contributed by atoms with Gasteiger partial charge in [-0.3, -0.25) is 0 Å². The normalized spacial score (nSPS) is 14.8. The number of anilines is 2. The van der Waals surface area contributed by atoms with E-state index in [9.17, 15) is 0 Å². The number of rotatable bonds is 6. The lowest BCUT2D eigenvalue weighted by Crippen LogP contribution is -2.36. The second-order valence-corrected chi connectivity index (χ2v) is 5.14. The molecule has 1 aromatic heterocycles. The second kappa shape index (κ2) is 8.76. The van der Waals surface area contributed by atoms with Gasteiger partial charge >= 0.3 is 0 Å². The van der Waals surface area contributed by atoms with Crippen LogP contribution >= 0.6 is 12.2 Å². The van der Waals surface area contributed by atoms with Crippen LogP contribution in [0.4, 0.5) is 11.5 Å². The Morgan fingerprint density at radius 3 is 2.90 bits per heavy atom. The summed E-state index contributed by atoms with van der Waals surface area (Å²) in [6.45, 7) is 4.82. The van der Waals surface area contributed by atoms with Gasteiger partial charge < -0.3 is 25.0 Å². The maximum atomic E-state index is 5.34. The summed E-state index contributed by atoms with van der Waals surface area (Å²) in [4.78, 5) is 6.68. The van der Waals surface area contributed by atoms with E-state index in [1.165, 1.54) is 0 Å². The zero-order valence-corrected chi connectivity index (χ0v) is 13.1. The van der Waals surface area contributed by atoms with Gasteiger partial charge in [-0.15, -0.1) is 0 Å². The smallest absolute Gasteiger partial charge is 0.170 e. The predicted molar refractivity (Wildman–Crippen MR) is 88.0 cm³/mol. The maximum absolute atomic E-state index is 5.34. The molecule has 0 amide bonds. The molecule has 1 aliphatic heterocycles. The highest BCUT2D eigenvalue weighted by atomic mass is 32.1. The fraction of sp³-hybridized carbons (Fsp3) is 0.571. The number of hydrogen-bond acceptors (Lipinski definition) is 5. The number of aromatic nitrogens is 1. The molecule has 7 heteroatoms. The van der Waals surface area contributed by atoms with Crippen LogP contribution in [0.3, 0.4) is 0 Å². The van der Waals surface area contributed by atoms with Crippen LogP contribution in [0.5, 0.6) is 0 Å². The molecule has 0 bridgehead atoms. The number of thiocarbonyl (C=S) groups is 1. The van der Waals surface area contributed by atoms with E-state index in [2.05, 4.69) is 20.5 Å².